The number of rotatable bonds is 2. The van der Waals surface area contributed by atoms with Crippen LogP contribution in [-0.4, -0.2) is 10.6 Å². The quantitative estimate of drug-likeness (QED) is 0.536. The number of hydrogen-bond acceptors (Lipinski definition) is 2. The fourth-order valence-electron chi connectivity index (χ4n) is 1.30. The maximum absolute atomic E-state index is 10.9. The second-order valence-electron chi connectivity index (χ2n) is 4.06. The fraction of sp³-hybridized carbons (Fsp3) is 0.400. The van der Waals surface area contributed by atoms with Crippen molar-refractivity contribution in [1.29, 1.82) is 0 Å². The zero-order valence-corrected chi connectivity index (χ0v) is 8.60. The summed E-state index contributed by atoms with van der Waals surface area (Å²) in [6.07, 6.45) is 0. The van der Waals surface area contributed by atoms with Crippen LogP contribution >= 0.6 is 0 Å². The molecule has 0 bridgehead atoms. The molecule has 0 atom stereocenters. The predicted octanol–water partition coefficient (Wildman–Crippen LogP) is 2.48. The van der Waals surface area contributed by atoms with Gasteiger partial charge in [-0.05, 0) is 32.9 Å². The molecule has 1 aromatic rings. The summed E-state index contributed by atoms with van der Waals surface area (Å²) < 4.78 is 0. The van der Waals surface area contributed by atoms with E-state index >= 15 is 0 Å². The van der Waals surface area contributed by atoms with Gasteiger partial charge in [-0.1, -0.05) is 23.2 Å². The number of benzene rings is 1. The molecule has 0 unspecified atom stereocenters. The Kier molecular flexibility index (Phi) is 2.74. The Morgan fingerprint density at radius 3 is 2.07 bits per heavy atom. The van der Waals surface area contributed by atoms with Gasteiger partial charge in [0.1, 0.15) is 5.69 Å². The molecule has 4 heteroatoms. The van der Waals surface area contributed by atoms with Crippen molar-refractivity contribution in [2.75, 3.05) is 5.01 Å². The molecule has 0 heterocycles. The van der Waals surface area contributed by atoms with E-state index in [1.165, 1.54) is 0 Å². The molecule has 0 saturated heterocycles. The first-order chi connectivity index (χ1) is 6.43. The average molecular weight is 194 g/mol. The SMILES string of the molecule is CC(C)(C)N(c1ccccc1)[N+](=O)[O-]. The normalized spacial score (nSPS) is 11.1. The van der Waals surface area contributed by atoms with Crippen LogP contribution < -0.4 is 5.01 Å². The van der Waals surface area contributed by atoms with E-state index in [9.17, 15) is 10.1 Å². The monoisotopic (exact) mass is 194 g/mol. The third-order valence-electron chi connectivity index (χ3n) is 1.80. The van der Waals surface area contributed by atoms with E-state index in [1.54, 1.807) is 24.3 Å². The Balaban J connectivity index is 3.08. The summed E-state index contributed by atoms with van der Waals surface area (Å²) in [5, 5.41) is 11.7. The van der Waals surface area contributed by atoms with Gasteiger partial charge in [-0.2, -0.15) is 0 Å². The lowest BCUT2D eigenvalue weighted by molar-refractivity contribution is -0.505. The number of nitro groups is 1. The zero-order chi connectivity index (χ0) is 10.8. The number of hydrogen-bond donors (Lipinski definition) is 0. The van der Waals surface area contributed by atoms with Crippen LogP contribution in [0.3, 0.4) is 0 Å². The lowest BCUT2D eigenvalue weighted by Gasteiger charge is -2.27. The minimum absolute atomic E-state index is 0.380. The maximum atomic E-state index is 10.9. The summed E-state index contributed by atoms with van der Waals surface area (Å²) in [6.45, 7) is 5.42. The van der Waals surface area contributed by atoms with Crippen molar-refractivity contribution >= 4 is 5.69 Å². The standard InChI is InChI=1S/C10H14N2O2/c1-10(2,3)11(12(13)14)9-7-5-4-6-8-9/h4-8H,1-3H3. The van der Waals surface area contributed by atoms with Crippen molar-refractivity contribution in [2.45, 2.75) is 26.3 Å². The van der Waals surface area contributed by atoms with Gasteiger partial charge in [0.25, 0.3) is 0 Å². The molecule has 1 rings (SSSR count). The second kappa shape index (κ2) is 3.65. The minimum Gasteiger partial charge on any atom is -0.234 e. The van der Waals surface area contributed by atoms with Crippen molar-refractivity contribution in [3.63, 3.8) is 0 Å². The van der Waals surface area contributed by atoms with Gasteiger partial charge in [0.05, 0.1) is 5.54 Å². The smallest absolute Gasteiger partial charge is 0.165 e. The summed E-state index contributed by atoms with van der Waals surface area (Å²) in [4.78, 5) is 10.9. The number of nitrogens with zero attached hydrogens (tertiary/aromatic N) is 2. The Labute approximate surface area is 83.3 Å². The first-order valence-corrected chi connectivity index (χ1v) is 4.42. The highest BCUT2D eigenvalue weighted by molar-refractivity contribution is 5.44. The number of anilines is 1. The van der Waals surface area contributed by atoms with Gasteiger partial charge in [-0.3, -0.25) is 0 Å². The molecule has 0 fully saturated rings. The Bertz CT molecular complexity index is 317. The van der Waals surface area contributed by atoms with Crippen LogP contribution in [0.5, 0.6) is 0 Å². The zero-order valence-electron chi connectivity index (χ0n) is 8.60. The van der Waals surface area contributed by atoms with Crippen LogP contribution in [0.4, 0.5) is 5.69 Å². The second-order valence-corrected chi connectivity index (χ2v) is 4.06. The first kappa shape index (κ1) is 10.5. The molecule has 0 saturated carbocycles. The van der Waals surface area contributed by atoms with Crippen LogP contribution in [0.25, 0.3) is 0 Å². The third-order valence-corrected chi connectivity index (χ3v) is 1.80. The van der Waals surface area contributed by atoms with Crippen LogP contribution in [-0.2, 0) is 0 Å². The molecule has 0 N–H and O–H groups in total. The van der Waals surface area contributed by atoms with Crippen molar-refractivity contribution < 1.29 is 5.03 Å². The Morgan fingerprint density at radius 1 is 1.21 bits per heavy atom. The lowest BCUT2D eigenvalue weighted by Crippen LogP contribution is -2.45. The molecule has 0 aliphatic carbocycles. The molecule has 0 spiro atoms. The molecule has 0 aliphatic heterocycles. The van der Waals surface area contributed by atoms with E-state index in [2.05, 4.69) is 0 Å². The van der Waals surface area contributed by atoms with Crippen molar-refractivity contribution in [2.24, 2.45) is 0 Å². The molecule has 0 amide bonds. The molecule has 0 aromatic heterocycles. The van der Waals surface area contributed by atoms with E-state index in [-0.39, 0.29) is 5.03 Å². The highest BCUT2D eigenvalue weighted by Gasteiger charge is 2.31. The van der Waals surface area contributed by atoms with Gasteiger partial charge >= 0.3 is 0 Å². The molecule has 14 heavy (non-hydrogen) atoms. The summed E-state index contributed by atoms with van der Waals surface area (Å²) in [5.41, 5.74) is 0.0789. The highest BCUT2D eigenvalue weighted by atomic mass is 16.7. The van der Waals surface area contributed by atoms with Crippen molar-refractivity contribution in [1.82, 2.24) is 0 Å². The Morgan fingerprint density at radius 2 is 1.71 bits per heavy atom. The highest BCUT2D eigenvalue weighted by Crippen LogP contribution is 2.22. The number of hydrazine groups is 1. The van der Waals surface area contributed by atoms with Gasteiger partial charge in [0.15, 0.2) is 5.03 Å². The maximum Gasteiger partial charge on any atom is 0.165 e. The van der Waals surface area contributed by atoms with E-state index < -0.39 is 5.54 Å². The first-order valence-electron chi connectivity index (χ1n) is 4.42. The van der Waals surface area contributed by atoms with Crippen LogP contribution in [0.1, 0.15) is 20.8 Å². The minimum atomic E-state index is -0.523. The van der Waals surface area contributed by atoms with E-state index in [4.69, 9.17) is 0 Å². The van der Waals surface area contributed by atoms with Gasteiger partial charge in [-0.25, -0.2) is 10.1 Å². The van der Waals surface area contributed by atoms with E-state index in [0.29, 0.717) is 5.69 Å². The Hall–Kier alpha value is -1.58. The molecule has 1 aromatic carbocycles. The lowest BCUT2D eigenvalue weighted by atomic mass is 10.1. The summed E-state index contributed by atoms with van der Waals surface area (Å²) in [7, 11) is 0. The van der Waals surface area contributed by atoms with Crippen LogP contribution in [0, 0.1) is 10.1 Å². The summed E-state index contributed by atoms with van der Waals surface area (Å²) in [5.74, 6) is 0. The predicted molar refractivity (Wildman–Crippen MR) is 55.7 cm³/mol. The average Bonchev–Trinajstić information content (AvgIpc) is 2.02. The molecule has 0 radical (unpaired) electrons. The molecule has 0 aliphatic rings. The summed E-state index contributed by atoms with van der Waals surface area (Å²) >= 11 is 0. The van der Waals surface area contributed by atoms with Crippen LogP contribution in [0.15, 0.2) is 30.3 Å². The summed E-state index contributed by atoms with van der Waals surface area (Å²) in [6, 6.07) is 8.88. The topological polar surface area (TPSA) is 46.4 Å². The van der Waals surface area contributed by atoms with E-state index in [0.717, 1.165) is 5.01 Å². The van der Waals surface area contributed by atoms with Gasteiger partial charge in [0.2, 0.25) is 0 Å². The fourth-order valence-corrected chi connectivity index (χ4v) is 1.30. The van der Waals surface area contributed by atoms with Crippen molar-refractivity contribution in [3.05, 3.63) is 40.4 Å². The van der Waals surface area contributed by atoms with Gasteiger partial charge in [-0.15, -0.1) is 0 Å². The number of para-hydroxylation sites is 1. The molecule has 4 nitrogen and oxygen atoms in total. The molecule has 76 valence electrons. The van der Waals surface area contributed by atoms with Crippen LogP contribution in [0.2, 0.25) is 0 Å². The van der Waals surface area contributed by atoms with E-state index in [1.807, 2.05) is 26.8 Å². The van der Waals surface area contributed by atoms with Crippen molar-refractivity contribution in [3.8, 4) is 0 Å². The molecular formula is C10H14N2O2. The van der Waals surface area contributed by atoms with Gasteiger partial charge in [0, 0.05) is 0 Å². The van der Waals surface area contributed by atoms with Gasteiger partial charge < -0.3 is 0 Å². The largest absolute Gasteiger partial charge is 0.234 e. The molecular weight excluding hydrogens is 180 g/mol. The third kappa shape index (κ3) is 2.22.